The Morgan fingerprint density at radius 2 is 2.32 bits per heavy atom. The Kier molecular flexibility index (Phi) is 2.96. The third-order valence-electron chi connectivity index (χ3n) is 2.78. The second-order valence-electron chi connectivity index (χ2n) is 3.96. The summed E-state index contributed by atoms with van der Waals surface area (Å²) in [7, 11) is 1.57. The predicted molar refractivity (Wildman–Crippen MR) is 72.6 cm³/mol. The number of H-pyrrole nitrogens is 1. The highest BCUT2D eigenvalue weighted by atomic mass is 32.1. The largest absolute Gasteiger partial charge is 0.479 e. The summed E-state index contributed by atoms with van der Waals surface area (Å²) < 4.78 is 7.67. The van der Waals surface area contributed by atoms with E-state index in [1.807, 2.05) is 16.7 Å². The standard InChI is InChI=1S/C12H11N5OS/c1-18-11-9-10(14-7-15-11)17(12(19)16-9)6-8-3-2-4-13-5-8/h2-5,7H,6H2,1H3,(H,16,19). The molecule has 0 aliphatic heterocycles. The van der Waals surface area contributed by atoms with Crippen LogP contribution in [0.4, 0.5) is 0 Å². The lowest BCUT2D eigenvalue weighted by Gasteiger charge is -2.04. The van der Waals surface area contributed by atoms with Gasteiger partial charge >= 0.3 is 0 Å². The van der Waals surface area contributed by atoms with E-state index in [0.717, 1.165) is 11.2 Å². The van der Waals surface area contributed by atoms with Gasteiger partial charge in [-0.3, -0.25) is 9.55 Å². The van der Waals surface area contributed by atoms with Crippen molar-refractivity contribution in [2.24, 2.45) is 0 Å². The number of hydrogen-bond acceptors (Lipinski definition) is 5. The van der Waals surface area contributed by atoms with E-state index in [4.69, 9.17) is 17.0 Å². The van der Waals surface area contributed by atoms with E-state index in [0.29, 0.717) is 22.7 Å². The molecule has 0 saturated carbocycles. The molecule has 96 valence electrons. The van der Waals surface area contributed by atoms with Gasteiger partial charge in [0.2, 0.25) is 5.88 Å². The average Bonchev–Trinajstić information content (AvgIpc) is 2.76. The third-order valence-corrected chi connectivity index (χ3v) is 3.10. The summed E-state index contributed by atoms with van der Waals surface area (Å²) in [6, 6.07) is 3.88. The number of nitrogens with one attached hydrogen (secondary N) is 1. The molecule has 0 atom stereocenters. The van der Waals surface area contributed by atoms with E-state index in [1.165, 1.54) is 6.33 Å². The molecule has 3 aromatic heterocycles. The lowest BCUT2D eigenvalue weighted by Crippen LogP contribution is -2.01. The van der Waals surface area contributed by atoms with Crippen LogP contribution >= 0.6 is 12.2 Å². The van der Waals surface area contributed by atoms with Crippen molar-refractivity contribution >= 4 is 23.4 Å². The first-order valence-electron chi connectivity index (χ1n) is 5.66. The maximum absolute atomic E-state index is 5.32. The van der Waals surface area contributed by atoms with Crippen molar-refractivity contribution < 1.29 is 4.74 Å². The molecule has 0 radical (unpaired) electrons. The third kappa shape index (κ3) is 2.08. The Bertz CT molecular complexity index is 765. The van der Waals surface area contributed by atoms with Gasteiger partial charge in [-0.2, -0.15) is 4.98 Å². The highest BCUT2D eigenvalue weighted by molar-refractivity contribution is 7.71. The molecular formula is C12H11N5OS. The predicted octanol–water partition coefficient (Wildman–Crippen LogP) is 1.94. The molecule has 0 spiro atoms. The van der Waals surface area contributed by atoms with Crippen molar-refractivity contribution in [3.05, 3.63) is 41.2 Å². The van der Waals surface area contributed by atoms with Crippen LogP contribution < -0.4 is 4.74 Å². The second-order valence-corrected chi connectivity index (χ2v) is 4.35. The monoisotopic (exact) mass is 273 g/mol. The summed E-state index contributed by atoms with van der Waals surface area (Å²) in [6.45, 7) is 0.604. The van der Waals surface area contributed by atoms with Crippen LogP contribution in [0.5, 0.6) is 5.88 Å². The van der Waals surface area contributed by atoms with Crippen LogP contribution in [0.15, 0.2) is 30.9 Å². The first kappa shape index (κ1) is 11.8. The minimum Gasteiger partial charge on any atom is -0.479 e. The van der Waals surface area contributed by atoms with Gasteiger partial charge in [-0.25, -0.2) is 4.98 Å². The van der Waals surface area contributed by atoms with Crippen molar-refractivity contribution in [1.29, 1.82) is 0 Å². The summed E-state index contributed by atoms with van der Waals surface area (Å²) in [5.74, 6) is 0.487. The molecule has 0 fully saturated rings. The number of hydrogen-bond donors (Lipinski definition) is 1. The van der Waals surface area contributed by atoms with Crippen molar-refractivity contribution in [2.75, 3.05) is 7.11 Å². The molecule has 3 heterocycles. The second kappa shape index (κ2) is 4.77. The zero-order chi connectivity index (χ0) is 13.2. The van der Waals surface area contributed by atoms with Gasteiger partial charge in [0.15, 0.2) is 10.4 Å². The molecule has 1 N–H and O–H groups in total. The molecule has 0 unspecified atom stereocenters. The molecule has 7 heteroatoms. The van der Waals surface area contributed by atoms with E-state index in [2.05, 4.69) is 19.9 Å². The molecule has 0 amide bonds. The van der Waals surface area contributed by atoms with Gasteiger partial charge in [-0.05, 0) is 23.8 Å². The lowest BCUT2D eigenvalue weighted by atomic mass is 10.3. The molecule has 0 aromatic carbocycles. The Labute approximate surface area is 114 Å². The van der Waals surface area contributed by atoms with Gasteiger partial charge < -0.3 is 9.72 Å². The first-order chi connectivity index (χ1) is 9.29. The smallest absolute Gasteiger partial charge is 0.242 e. The maximum atomic E-state index is 5.32. The van der Waals surface area contributed by atoms with Gasteiger partial charge in [0.1, 0.15) is 11.8 Å². The summed E-state index contributed by atoms with van der Waals surface area (Å²) in [5.41, 5.74) is 2.48. The van der Waals surface area contributed by atoms with E-state index < -0.39 is 0 Å². The van der Waals surface area contributed by atoms with Gasteiger partial charge in [0.05, 0.1) is 13.7 Å². The number of rotatable bonds is 3. The maximum Gasteiger partial charge on any atom is 0.242 e. The Morgan fingerprint density at radius 3 is 3.05 bits per heavy atom. The topological polar surface area (TPSA) is 68.6 Å². The number of aromatic nitrogens is 5. The van der Waals surface area contributed by atoms with Crippen LogP contribution in [0.25, 0.3) is 11.2 Å². The highest BCUT2D eigenvalue weighted by Gasteiger charge is 2.11. The Morgan fingerprint density at radius 1 is 1.42 bits per heavy atom. The number of pyridine rings is 1. The zero-order valence-electron chi connectivity index (χ0n) is 10.2. The van der Waals surface area contributed by atoms with Gasteiger partial charge in [0, 0.05) is 12.4 Å². The molecule has 19 heavy (non-hydrogen) atoms. The first-order valence-corrected chi connectivity index (χ1v) is 6.07. The normalized spacial score (nSPS) is 10.8. The van der Waals surface area contributed by atoms with Gasteiger partial charge in [-0.15, -0.1) is 0 Å². The molecule has 0 bridgehead atoms. The fraction of sp³-hybridized carbons (Fsp3) is 0.167. The van der Waals surface area contributed by atoms with Crippen LogP contribution in [0.2, 0.25) is 0 Å². The quantitative estimate of drug-likeness (QED) is 0.739. The number of fused-ring (bicyclic) bond motifs is 1. The molecular weight excluding hydrogens is 262 g/mol. The van der Waals surface area contributed by atoms with Crippen LogP contribution in [-0.4, -0.2) is 31.6 Å². The molecule has 0 saturated heterocycles. The number of methoxy groups -OCH3 is 1. The summed E-state index contributed by atoms with van der Waals surface area (Å²) in [4.78, 5) is 15.5. The van der Waals surface area contributed by atoms with Gasteiger partial charge in [0.25, 0.3) is 0 Å². The fourth-order valence-electron chi connectivity index (χ4n) is 1.92. The lowest BCUT2D eigenvalue weighted by molar-refractivity contribution is 0.401. The van der Waals surface area contributed by atoms with Crippen LogP contribution in [0.3, 0.4) is 0 Å². The van der Waals surface area contributed by atoms with Crippen molar-refractivity contribution in [3.63, 3.8) is 0 Å². The van der Waals surface area contributed by atoms with Crippen molar-refractivity contribution in [2.45, 2.75) is 6.54 Å². The van der Waals surface area contributed by atoms with Crippen LogP contribution in [0.1, 0.15) is 5.56 Å². The molecule has 3 aromatic rings. The zero-order valence-corrected chi connectivity index (χ0v) is 11.0. The van der Waals surface area contributed by atoms with Crippen LogP contribution in [0, 0.1) is 4.77 Å². The summed E-state index contributed by atoms with van der Waals surface area (Å²) in [5, 5.41) is 0. The number of aromatic amines is 1. The van der Waals surface area contributed by atoms with E-state index in [9.17, 15) is 0 Å². The summed E-state index contributed by atoms with van der Waals surface area (Å²) in [6.07, 6.45) is 5.01. The molecule has 0 aliphatic rings. The van der Waals surface area contributed by atoms with E-state index in [-0.39, 0.29) is 0 Å². The number of nitrogens with zero attached hydrogens (tertiary/aromatic N) is 4. The average molecular weight is 273 g/mol. The SMILES string of the molecule is COc1ncnc2c1[nH]c(=S)n2Cc1cccnc1. The number of ether oxygens (including phenoxy) is 1. The van der Waals surface area contributed by atoms with Crippen molar-refractivity contribution in [1.82, 2.24) is 24.5 Å². The number of imidazole rings is 1. The van der Waals surface area contributed by atoms with Gasteiger partial charge in [-0.1, -0.05) is 6.07 Å². The minimum absolute atomic E-state index is 0.487. The Balaban J connectivity index is 2.14. The van der Waals surface area contributed by atoms with Crippen molar-refractivity contribution in [3.8, 4) is 5.88 Å². The van der Waals surface area contributed by atoms with Crippen LogP contribution in [-0.2, 0) is 6.54 Å². The Hall–Kier alpha value is -2.28. The van der Waals surface area contributed by atoms with E-state index in [1.54, 1.807) is 19.5 Å². The molecule has 3 rings (SSSR count). The van der Waals surface area contributed by atoms with E-state index >= 15 is 0 Å². The highest BCUT2D eigenvalue weighted by Crippen LogP contribution is 2.20. The fourth-order valence-corrected chi connectivity index (χ4v) is 2.17. The summed E-state index contributed by atoms with van der Waals surface area (Å²) >= 11 is 5.32. The molecule has 6 nitrogen and oxygen atoms in total. The molecule has 0 aliphatic carbocycles. The minimum atomic E-state index is 0.487.